The molecule has 2 aromatic heterocycles. The maximum atomic E-state index is 10.8. The van der Waals surface area contributed by atoms with Crippen LogP contribution in [0.25, 0.3) is 11.2 Å². The van der Waals surface area contributed by atoms with Gasteiger partial charge in [0.15, 0.2) is 4.64 Å². The Balaban J connectivity index is 3.08. The Labute approximate surface area is 75.8 Å². The third kappa shape index (κ3) is 1.05. The van der Waals surface area contributed by atoms with Crippen LogP contribution in [-0.4, -0.2) is 19.9 Å². The highest BCUT2D eigenvalue weighted by molar-refractivity contribution is 7.71. The van der Waals surface area contributed by atoms with Gasteiger partial charge in [0.25, 0.3) is 0 Å². The van der Waals surface area contributed by atoms with E-state index in [1.54, 1.807) is 0 Å². The van der Waals surface area contributed by atoms with Crippen LogP contribution in [0.2, 0.25) is 5.28 Å². The molecule has 12 heavy (non-hydrogen) atoms. The van der Waals surface area contributed by atoms with Gasteiger partial charge in [0.2, 0.25) is 5.28 Å². The van der Waals surface area contributed by atoms with E-state index >= 15 is 0 Å². The van der Waals surface area contributed by atoms with E-state index in [1.165, 1.54) is 0 Å². The predicted octanol–water partition coefficient (Wildman–Crippen LogP) is 0.962. The molecule has 2 rings (SSSR count). The monoisotopic (exact) mass is 202 g/mol. The van der Waals surface area contributed by atoms with E-state index in [9.17, 15) is 4.79 Å². The van der Waals surface area contributed by atoms with Gasteiger partial charge in [-0.3, -0.25) is 4.98 Å². The van der Waals surface area contributed by atoms with E-state index in [1.807, 2.05) is 0 Å². The Morgan fingerprint density at radius 3 is 2.83 bits per heavy atom. The SMILES string of the molecule is O=c1[nH]c2[nH]c(Cl)nc(=S)c2[nH]1. The van der Waals surface area contributed by atoms with Crippen LogP contribution < -0.4 is 5.69 Å². The van der Waals surface area contributed by atoms with E-state index < -0.39 is 0 Å². The average molecular weight is 203 g/mol. The number of nitrogens with zero attached hydrogens (tertiary/aromatic N) is 1. The lowest BCUT2D eigenvalue weighted by Crippen LogP contribution is -1.99. The number of H-pyrrole nitrogens is 3. The zero-order chi connectivity index (χ0) is 8.72. The Morgan fingerprint density at radius 1 is 1.33 bits per heavy atom. The van der Waals surface area contributed by atoms with Gasteiger partial charge in [-0.2, -0.15) is 0 Å². The van der Waals surface area contributed by atoms with Gasteiger partial charge in [-0.1, -0.05) is 12.2 Å². The van der Waals surface area contributed by atoms with Gasteiger partial charge in [-0.15, -0.1) is 0 Å². The average Bonchev–Trinajstić information content (AvgIpc) is 2.29. The molecule has 0 saturated carbocycles. The lowest BCUT2D eigenvalue weighted by Gasteiger charge is -1.89. The second kappa shape index (κ2) is 2.43. The van der Waals surface area contributed by atoms with E-state index in [-0.39, 0.29) is 15.6 Å². The summed E-state index contributed by atoms with van der Waals surface area (Å²) in [5.74, 6) is 0. The summed E-state index contributed by atoms with van der Waals surface area (Å²) in [6.07, 6.45) is 0. The summed E-state index contributed by atoms with van der Waals surface area (Å²) in [6, 6.07) is 0. The summed E-state index contributed by atoms with van der Waals surface area (Å²) in [5, 5.41) is 0.155. The van der Waals surface area contributed by atoms with Crippen molar-refractivity contribution in [1.29, 1.82) is 0 Å². The molecule has 0 fully saturated rings. The topological polar surface area (TPSA) is 77.3 Å². The molecule has 0 unspecified atom stereocenters. The minimum absolute atomic E-state index is 0.155. The van der Waals surface area contributed by atoms with Gasteiger partial charge in [0, 0.05) is 0 Å². The maximum absolute atomic E-state index is 10.8. The van der Waals surface area contributed by atoms with Crippen LogP contribution in [0.5, 0.6) is 0 Å². The molecule has 2 aromatic rings. The zero-order valence-electron chi connectivity index (χ0n) is 5.64. The maximum Gasteiger partial charge on any atom is 0.325 e. The van der Waals surface area contributed by atoms with Crippen LogP contribution >= 0.6 is 23.8 Å². The van der Waals surface area contributed by atoms with Gasteiger partial charge in [-0.05, 0) is 11.6 Å². The van der Waals surface area contributed by atoms with Crippen LogP contribution in [0.1, 0.15) is 0 Å². The van der Waals surface area contributed by atoms with Crippen LogP contribution in [-0.2, 0) is 0 Å². The molecule has 62 valence electrons. The normalized spacial score (nSPS) is 10.8. The smallest absolute Gasteiger partial charge is 0.315 e. The van der Waals surface area contributed by atoms with Crippen LogP contribution in [0.3, 0.4) is 0 Å². The number of rotatable bonds is 0. The van der Waals surface area contributed by atoms with E-state index in [2.05, 4.69) is 19.9 Å². The minimum atomic E-state index is -0.337. The van der Waals surface area contributed by atoms with Gasteiger partial charge < -0.3 is 9.97 Å². The fourth-order valence-corrected chi connectivity index (χ4v) is 1.39. The van der Waals surface area contributed by atoms with Crippen molar-refractivity contribution in [1.82, 2.24) is 19.9 Å². The Hall–Kier alpha value is -1.14. The molecule has 0 spiro atoms. The lowest BCUT2D eigenvalue weighted by molar-refractivity contribution is 1.18. The fourth-order valence-electron chi connectivity index (χ4n) is 0.914. The number of halogens is 1. The van der Waals surface area contributed by atoms with Crippen molar-refractivity contribution in [2.45, 2.75) is 0 Å². The third-order valence-corrected chi connectivity index (χ3v) is 1.84. The summed E-state index contributed by atoms with van der Waals surface area (Å²) < 4.78 is 0.270. The van der Waals surface area contributed by atoms with Crippen molar-refractivity contribution < 1.29 is 0 Å². The first-order chi connectivity index (χ1) is 5.66. The Bertz CT molecular complexity index is 538. The molecular weight excluding hydrogens is 200 g/mol. The fraction of sp³-hybridized carbons (Fsp3) is 0. The molecule has 0 radical (unpaired) electrons. The highest BCUT2D eigenvalue weighted by atomic mass is 35.5. The minimum Gasteiger partial charge on any atom is -0.315 e. The number of fused-ring (bicyclic) bond motifs is 1. The van der Waals surface area contributed by atoms with Crippen molar-refractivity contribution >= 4 is 35.0 Å². The largest absolute Gasteiger partial charge is 0.325 e. The molecular formula is C5H3ClN4OS. The van der Waals surface area contributed by atoms with E-state index in [0.717, 1.165) is 0 Å². The molecule has 0 aliphatic heterocycles. The molecule has 0 atom stereocenters. The van der Waals surface area contributed by atoms with Gasteiger partial charge in [0.1, 0.15) is 11.2 Å². The molecule has 0 aliphatic rings. The van der Waals surface area contributed by atoms with Crippen molar-refractivity contribution in [2.75, 3.05) is 0 Å². The Kier molecular flexibility index (Phi) is 1.52. The number of aromatic amines is 3. The van der Waals surface area contributed by atoms with Crippen LogP contribution in [0, 0.1) is 4.64 Å². The first-order valence-corrected chi connectivity index (χ1v) is 3.83. The van der Waals surface area contributed by atoms with Crippen LogP contribution in [0.15, 0.2) is 4.79 Å². The van der Waals surface area contributed by atoms with Crippen LogP contribution in [0.4, 0.5) is 0 Å². The van der Waals surface area contributed by atoms with Crippen molar-refractivity contribution in [3.05, 3.63) is 20.4 Å². The summed E-state index contributed by atoms with van der Waals surface area (Å²) in [4.78, 5) is 22.2. The summed E-state index contributed by atoms with van der Waals surface area (Å²) >= 11 is 10.4. The standard InChI is InChI=1S/C5H3ClN4OS/c6-4-8-2-1(3(12)10-4)7-5(11)9-2/h(H3,7,8,9,10,11,12). The zero-order valence-corrected chi connectivity index (χ0v) is 7.21. The number of hydrogen-bond acceptors (Lipinski definition) is 3. The second-order valence-electron chi connectivity index (χ2n) is 2.16. The highest BCUT2D eigenvalue weighted by Crippen LogP contribution is 2.07. The number of hydrogen-bond donors (Lipinski definition) is 3. The summed E-state index contributed by atoms with van der Waals surface area (Å²) in [5.41, 5.74) is 0.598. The van der Waals surface area contributed by atoms with Gasteiger partial charge in [-0.25, -0.2) is 9.78 Å². The summed E-state index contributed by atoms with van der Waals surface area (Å²) in [6.45, 7) is 0. The molecule has 5 nitrogen and oxygen atoms in total. The first-order valence-electron chi connectivity index (χ1n) is 3.04. The van der Waals surface area contributed by atoms with Crippen molar-refractivity contribution in [3.8, 4) is 0 Å². The lowest BCUT2D eigenvalue weighted by atomic mass is 10.6. The van der Waals surface area contributed by atoms with E-state index in [0.29, 0.717) is 11.2 Å². The number of nitrogens with one attached hydrogen (secondary N) is 3. The molecule has 2 heterocycles. The number of aromatic nitrogens is 4. The Morgan fingerprint density at radius 2 is 2.08 bits per heavy atom. The molecule has 0 saturated heterocycles. The van der Waals surface area contributed by atoms with E-state index in [4.69, 9.17) is 23.8 Å². The van der Waals surface area contributed by atoms with Gasteiger partial charge in [0.05, 0.1) is 0 Å². The molecule has 0 amide bonds. The molecule has 3 N–H and O–H groups in total. The third-order valence-electron chi connectivity index (χ3n) is 1.37. The highest BCUT2D eigenvalue weighted by Gasteiger charge is 2.01. The van der Waals surface area contributed by atoms with Gasteiger partial charge >= 0.3 is 5.69 Å². The quantitative estimate of drug-likeness (QED) is 0.440. The molecule has 0 bridgehead atoms. The molecule has 0 aliphatic carbocycles. The predicted molar refractivity (Wildman–Crippen MR) is 46.9 cm³/mol. The van der Waals surface area contributed by atoms with Crippen molar-refractivity contribution in [3.63, 3.8) is 0 Å². The van der Waals surface area contributed by atoms with Crippen molar-refractivity contribution in [2.24, 2.45) is 0 Å². The number of imidazole rings is 1. The second-order valence-corrected chi connectivity index (χ2v) is 2.91. The molecule has 7 heteroatoms. The molecule has 0 aromatic carbocycles. The first kappa shape index (κ1) is 7.51. The summed E-state index contributed by atoms with van der Waals surface area (Å²) in [7, 11) is 0.